The summed E-state index contributed by atoms with van der Waals surface area (Å²) in [4.78, 5) is 0. The Bertz CT molecular complexity index is 560. The first-order chi connectivity index (χ1) is 10.3. The molecule has 0 N–H and O–H groups in total. The van der Waals surface area contributed by atoms with Gasteiger partial charge in [-0.2, -0.15) is 0 Å². The van der Waals surface area contributed by atoms with Crippen LogP contribution in [0.1, 0.15) is 15.7 Å². The van der Waals surface area contributed by atoms with Crippen molar-refractivity contribution in [1.29, 1.82) is 0 Å². The maximum Gasteiger partial charge on any atom is 0.119 e. The molecule has 0 unspecified atom stereocenters. The molecule has 110 valence electrons. The molecule has 0 bridgehead atoms. The second-order valence-electron chi connectivity index (χ2n) is 4.78. The predicted molar refractivity (Wildman–Crippen MR) is 91.4 cm³/mol. The van der Waals surface area contributed by atoms with Gasteiger partial charge in [-0.25, -0.2) is 0 Å². The zero-order valence-electron chi connectivity index (χ0n) is 12.0. The summed E-state index contributed by atoms with van der Waals surface area (Å²) in [5.74, 6) is 4.30. The van der Waals surface area contributed by atoms with E-state index >= 15 is 0 Å². The largest absolute Gasteiger partial charge is 0.497 e. The highest BCUT2D eigenvalue weighted by Gasteiger charge is 2.17. The summed E-state index contributed by atoms with van der Waals surface area (Å²) in [5, 5.41) is 0. The molecule has 2 nitrogen and oxygen atoms in total. The zero-order valence-corrected chi connectivity index (χ0v) is 13.6. The lowest BCUT2D eigenvalue weighted by molar-refractivity contribution is 0.306. The minimum Gasteiger partial charge on any atom is -0.497 e. The van der Waals surface area contributed by atoms with Crippen LogP contribution in [0.25, 0.3) is 0 Å². The third kappa shape index (κ3) is 3.89. The van der Waals surface area contributed by atoms with E-state index in [0.717, 1.165) is 17.1 Å². The van der Waals surface area contributed by atoms with Gasteiger partial charge < -0.3 is 9.47 Å². The monoisotopic (exact) mass is 318 g/mol. The van der Waals surface area contributed by atoms with Crippen molar-refractivity contribution in [3.8, 4) is 11.5 Å². The summed E-state index contributed by atoms with van der Waals surface area (Å²) >= 11 is 4.05. The van der Waals surface area contributed by atoms with Crippen molar-refractivity contribution in [3.63, 3.8) is 0 Å². The van der Waals surface area contributed by atoms with Crippen LogP contribution in [-0.4, -0.2) is 18.6 Å². The molecular weight excluding hydrogens is 300 g/mol. The number of rotatable bonds is 5. The van der Waals surface area contributed by atoms with Gasteiger partial charge in [-0.1, -0.05) is 24.3 Å². The van der Waals surface area contributed by atoms with Crippen molar-refractivity contribution in [2.45, 2.75) is 11.2 Å². The number of ether oxygens (including phenoxy) is 2. The van der Waals surface area contributed by atoms with E-state index in [2.05, 4.69) is 24.3 Å². The maximum atomic E-state index is 5.83. The van der Waals surface area contributed by atoms with Gasteiger partial charge in [0.2, 0.25) is 0 Å². The van der Waals surface area contributed by atoms with E-state index in [4.69, 9.17) is 9.47 Å². The number of thioether (sulfide) groups is 2. The van der Waals surface area contributed by atoms with Crippen LogP contribution in [0.15, 0.2) is 48.5 Å². The number of benzene rings is 2. The third-order valence-electron chi connectivity index (χ3n) is 3.34. The Hall–Kier alpha value is -1.26. The second-order valence-corrected chi connectivity index (χ2v) is 7.50. The molecule has 1 saturated heterocycles. The summed E-state index contributed by atoms with van der Waals surface area (Å²) in [6.45, 7) is 0.580. The van der Waals surface area contributed by atoms with Crippen molar-refractivity contribution < 1.29 is 9.47 Å². The molecule has 0 amide bonds. The van der Waals surface area contributed by atoms with Gasteiger partial charge in [0, 0.05) is 11.5 Å². The van der Waals surface area contributed by atoms with Crippen LogP contribution in [0.2, 0.25) is 0 Å². The molecule has 4 heteroatoms. The smallest absolute Gasteiger partial charge is 0.119 e. The van der Waals surface area contributed by atoms with E-state index in [1.165, 1.54) is 17.1 Å². The molecule has 0 radical (unpaired) electrons. The van der Waals surface area contributed by atoms with Gasteiger partial charge >= 0.3 is 0 Å². The van der Waals surface area contributed by atoms with E-state index in [9.17, 15) is 0 Å². The molecule has 21 heavy (non-hydrogen) atoms. The average molecular weight is 318 g/mol. The summed E-state index contributed by atoms with van der Waals surface area (Å²) in [6, 6.07) is 16.5. The van der Waals surface area contributed by atoms with E-state index < -0.39 is 0 Å². The predicted octanol–water partition coefficient (Wildman–Crippen LogP) is 4.75. The molecule has 1 fully saturated rings. The third-order valence-corrected chi connectivity index (χ3v) is 6.44. The SMILES string of the molecule is COc1ccc(COc2ccc(C3SCCS3)cc2)cc1. The maximum absolute atomic E-state index is 5.83. The van der Waals surface area contributed by atoms with Gasteiger partial charge in [0.15, 0.2) is 0 Å². The fourth-order valence-corrected chi connectivity index (χ4v) is 5.02. The van der Waals surface area contributed by atoms with E-state index in [0.29, 0.717) is 11.2 Å². The highest BCUT2D eigenvalue weighted by Crippen LogP contribution is 2.45. The molecule has 0 atom stereocenters. The summed E-state index contributed by atoms with van der Waals surface area (Å²) < 4.78 is 11.6. The van der Waals surface area contributed by atoms with Crippen molar-refractivity contribution >= 4 is 23.5 Å². The number of methoxy groups -OCH3 is 1. The summed E-state index contributed by atoms with van der Waals surface area (Å²) in [5.41, 5.74) is 2.53. The quantitative estimate of drug-likeness (QED) is 0.791. The Morgan fingerprint density at radius 1 is 0.905 bits per heavy atom. The minimum atomic E-state index is 0.580. The topological polar surface area (TPSA) is 18.5 Å². The fourth-order valence-electron chi connectivity index (χ4n) is 2.16. The van der Waals surface area contributed by atoms with Crippen LogP contribution in [-0.2, 0) is 6.61 Å². The first-order valence-corrected chi connectivity index (χ1v) is 9.04. The second kappa shape index (κ2) is 7.14. The van der Waals surface area contributed by atoms with Crippen LogP contribution in [0, 0.1) is 0 Å². The van der Waals surface area contributed by atoms with Crippen LogP contribution in [0.4, 0.5) is 0 Å². The van der Waals surface area contributed by atoms with Gasteiger partial charge in [-0.15, -0.1) is 23.5 Å². The normalized spacial score (nSPS) is 15.1. The highest BCUT2D eigenvalue weighted by atomic mass is 32.2. The Morgan fingerprint density at radius 3 is 2.14 bits per heavy atom. The average Bonchev–Trinajstić information content (AvgIpc) is 3.08. The molecule has 2 aromatic rings. The summed E-state index contributed by atoms with van der Waals surface area (Å²) in [7, 11) is 1.67. The Labute approximate surface area is 134 Å². The Balaban J connectivity index is 1.57. The van der Waals surface area contributed by atoms with Gasteiger partial charge in [0.05, 0.1) is 11.7 Å². The van der Waals surface area contributed by atoms with Crippen LogP contribution >= 0.6 is 23.5 Å². The molecule has 0 aromatic heterocycles. The lowest BCUT2D eigenvalue weighted by Gasteiger charge is -2.10. The number of hydrogen-bond acceptors (Lipinski definition) is 4. The zero-order chi connectivity index (χ0) is 14.5. The van der Waals surface area contributed by atoms with Gasteiger partial charge in [0.1, 0.15) is 18.1 Å². The van der Waals surface area contributed by atoms with Crippen molar-refractivity contribution in [2.75, 3.05) is 18.6 Å². The molecule has 1 aliphatic rings. The van der Waals surface area contributed by atoms with E-state index in [1.807, 2.05) is 47.8 Å². The standard InChI is InChI=1S/C17H18O2S2/c1-18-15-6-2-13(3-7-15)12-19-16-8-4-14(5-9-16)17-20-10-11-21-17/h2-9,17H,10-12H2,1H3. The van der Waals surface area contributed by atoms with Crippen molar-refractivity contribution in [1.82, 2.24) is 0 Å². The Kier molecular flexibility index (Phi) is 4.99. The van der Waals surface area contributed by atoms with Gasteiger partial charge in [0.25, 0.3) is 0 Å². The van der Waals surface area contributed by atoms with Crippen molar-refractivity contribution in [2.24, 2.45) is 0 Å². The van der Waals surface area contributed by atoms with E-state index in [-0.39, 0.29) is 0 Å². The van der Waals surface area contributed by atoms with Crippen LogP contribution in [0.5, 0.6) is 11.5 Å². The lowest BCUT2D eigenvalue weighted by Crippen LogP contribution is -1.96. The highest BCUT2D eigenvalue weighted by molar-refractivity contribution is 8.19. The molecule has 0 aliphatic carbocycles. The van der Waals surface area contributed by atoms with Gasteiger partial charge in [-0.05, 0) is 35.4 Å². The Morgan fingerprint density at radius 2 is 1.52 bits per heavy atom. The van der Waals surface area contributed by atoms with Crippen LogP contribution < -0.4 is 9.47 Å². The fraction of sp³-hybridized carbons (Fsp3) is 0.294. The molecule has 0 spiro atoms. The lowest BCUT2D eigenvalue weighted by atomic mass is 10.2. The van der Waals surface area contributed by atoms with Crippen molar-refractivity contribution in [3.05, 3.63) is 59.7 Å². The molecule has 1 heterocycles. The first kappa shape index (κ1) is 14.7. The molecular formula is C17H18O2S2. The van der Waals surface area contributed by atoms with Gasteiger partial charge in [-0.3, -0.25) is 0 Å². The van der Waals surface area contributed by atoms with Crippen LogP contribution in [0.3, 0.4) is 0 Å². The molecule has 3 rings (SSSR count). The molecule has 1 aliphatic heterocycles. The molecule has 2 aromatic carbocycles. The molecule has 0 saturated carbocycles. The first-order valence-electron chi connectivity index (χ1n) is 6.94. The minimum absolute atomic E-state index is 0.580. The summed E-state index contributed by atoms with van der Waals surface area (Å²) in [6.07, 6.45) is 0. The van der Waals surface area contributed by atoms with E-state index in [1.54, 1.807) is 7.11 Å². The number of hydrogen-bond donors (Lipinski definition) is 0.